The monoisotopic (exact) mass is 1420 g/mol. The van der Waals surface area contributed by atoms with Crippen molar-refractivity contribution in [3.05, 3.63) is 53.3 Å². The van der Waals surface area contributed by atoms with E-state index in [9.17, 15) is 49.5 Å². The number of pyridine rings is 1. The van der Waals surface area contributed by atoms with Gasteiger partial charge in [0, 0.05) is 57.9 Å². The summed E-state index contributed by atoms with van der Waals surface area (Å²) in [5.74, 6) is -1.63. The van der Waals surface area contributed by atoms with Crippen molar-refractivity contribution in [1.29, 1.82) is 0 Å². The average Bonchev–Trinajstić information content (AvgIpc) is 1.57. The van der Waals surface area contributed by atoms with E-state index in [4.69, 9.17) is 87.5 Å². The van der Waals surface area contributed by atoms with Gasteiger partial charge in [-0.05, 0) is 61.6 Å². The van der Waals surface area contributed by atoms with Gasteiger partial charge in [-0.1, -0.05) is 19.4 Å². The molecule has 564 valence electrons. The Hall–Kier alpha value is -6.65. The lowest BCUT2D eigenvalue weighted by molar-refractivity contribution is -0.277. The van der Waals surface area contributed by atoms with Crippen molar-refractivity contribution in [2.45, 2.75) is 108 Å². The third kappa shape index (κ3) is 32.6. The maximum atomic E-state index is 13.4. The predicted octanol–water partition coefficient (Wildman–Crippen LogP) is 0.590. The van der Waals surface area contributed by atoms with Gasteiger partial charge in [-0.2, -0.15) is 0 Å². The summed E-state index contributed by atoms with van der Waals surface area (Å²) < 4.78 is 84.0. The fourth-order valence-corrected chi connectivity index (χ4v) is 9.67. The quantitative estimate of drug-likeness (QED) is 0.0270. The largest absolute Gasteiger partial charge is 0.478 e. The summed E-state index contributed by atoms with van der Waals surface area (Å²) in [7, 11) is 1.63. The number of alkyl carbamates (subject to hydrolysis) is 1. The maximum absolute atomic E-state index is 13.4. The number of nitrogens with two attached hydrogens (primary N) is 2. The number of aromatic carboxylic acids is 1. The lowest BCUT2D eigenvalue weighted by Gasteiger charge is -2.39. The van der Waals surface area contributed by atoms with Crippen LogP contribution in [0.4, 0.5) is 16.3 Å². The highest BCUT2D eigenvalue weighted by atomic mass is 16.7. The summed E-state index contributed by atoms with van der Waals surface area (Å²) >= 11 is 0. The molecule has 1 fully saturated rings. The normalized spacial score (nSPS) is 16.4. The number of carbonyl (C=O) groups excluding carboxylic acids is 4. The molecule has 1 aliphatic heterocycles. The van der Waals surface area contributed by atoms with E-state index >= 15 is 0 Å². The number of carbonyl (C=O) groups is 5. The molecule has 4 aromatic rings. The van der Waals surface area contributed by atoms with Gasteiger partial charge in [0.25, 0.3) is 0 Å². The third-order valence-electron chi connectivity index (χ3n) is 15.0. The Morgan fingerprint density at radius 2 is 1.18 bits per heavy atom. The third-order valence-corrected chi connectivity index (χ3v) is 15.0. The summed E-state index contributed by atoms with van der Waals surface area (Å²) in [4.78, 5) is 72.7. The zero-order valence-corrected chi connectivity index (χ0v) is 57.5. The van der Waals surface area contributed by atoms with Crippen LogP contribution < -0.4 is 37.5 Å². The number of aliphatic hydroxyl groups excluding tert-OH is 4. The molecular formula is C66H105N9O25. The molecule has 3 heterocycles. The Morgan fingerprint density at radius 3 is 1.72 bits per heavy atom. The van der Waals surface area contributed by atoms with Gasteiger partial charge < -0.3 is 134 Å². The molecule has 6 atom stereocenters. The molecule has 0 radical (unpaired) electrons. The number of aromatic nitrogens is 3. The van der Waals surface area contributed by atoms with E-state index in [0.717, 1.165) is 12.8 Å². The van der Waals surface area contributed by atoms with Gasteiger partial charge in [0.2, 0.25) is 24.0 Å². The second-order valence-electron chi connectivity index (χ2n) is 22.7. The number of unbranched alkanes of at least 4 members (excludes halogenated alkanes) is 2. The number of fused-ring (bicyclic) bond motifs is 3. The molecule has 100 heavy (non-hydrogen) atoms. The van der Waals surface area contributed by atoms with Crippen molar-refractivity contribution >= 4 is 63.2 Å². The number of aliphatic hydroxyl groups is 4. The summed E-state index contributed by atoms with van der Waals surface area (Å²) in [6, 6.07) is 8.01. The Kier molecular flexibility index (Phi) is 42.5. The maximum Gasteiger partial charge on any atom is 0.407 e. The highest BCUT2D eigenvalue weighted by Gasteiger charge is 2.45. The first-order valence-electron chi connectivity index (χ1n) is 33.9. The first-order chi connectivity index (χ1) is 48.6. The molecule has 4 amide bonds. The van der Waals surface area contributed by atoms with Crippen LogP contribution >= 0.6 is 0 Å². The van der Waals surface area contributed by atoms with E-state index in [-0.39, 0.29) is 74.4 Å². The number of ether oxygens (including phenoxy) is 15. The topological polar surface area (TPSA) is 456 Å². The number of carboxylic acids is 1. The molecule has 5 rings (SSSR count). The Morgan fingerprint density at radius 1 is 0.620 bits per heavy atom. The molecule has 34 nitrogen and oxygen atoms in total. The molecule has 13 N–H and O–H groups in total. The van der Waals surface area contributed by atoms with Gasteiger partial charge >= 0.3 is 12.1 Å². The molecular weight excluding hydrogens is 1320 g/mol. The van der Waals surface area contributed by atoms with Crippen molar-refractivity contribution in [2.75, 3.05) is 196 Å². The average molecular weight is 1420 g/mol. The molecule has 0 aliphatic carbocycles. The van der Waals surface area contributed by atoms with E-state index in [1.807, 2.05) is 11.5 Å². The van der Waals surface area contributed by atoms with E-state index in [1.165, 1.54) is 30.3 Å². The summed E-state index contributed by atoms with van der Waals surface area (Å²) in [6.45, 7) is 11.8. The van der Waals surface area contributed by atoms with Crippen LogP contribution in [0.25, 0.3) is 21.9 Å². The highest BCUT2D eigenvalue weighted by molar-refractivity contribution is 6.08. The number of benzene rings is 2. The number of rotatable bonds is 58. The van der Waals surface area contributed by atoms with Crippen LogP contribution in [0.2, 0.25) is 0 Å². The zero-order chi connectivity index (χ0) is 72.0. The minimum atomic E-state index is -1.78. The minimum Gasteiger partial charge on any atom is -0.478 e. The first-order valence-corrected chi connectivity index (χ1v) is 33.9. The summed E-state index contributed by atoms with van der Waals surface area (Å²) in [6.07, 6.45) is -5.26. The minimum absolute atomic E-state index is 0.0155. The molecule has 34 heteroatoms. The number of carboxylic acid groups (broad SMARTS) is 1. The van der Waals surface area contributed by atoms with E-state index in [2.05, 4.69) is 26.3 Å². The molecule has 1 aliphatic rings. The fourth-order valence-electron chi connectivity index (χ4n) is 9.67. The second kappa shape index (κ2) is 50.6. The van der Waals surface area contributed by atoms with E-state index in [1.54, 1.807) is 13.2 Å². The summed E-state index contributed by atoms with van der Waals surface area (Å²) in [5, 5.41) is 62.3. The molecule has 0 spiro atoms. The smallest absolute Gasteiger partial charge is 0.407 e. The number of hydrogen-bond donors (Lipinski definition) is 11. The van der Waals surface area contributed by atoms with Crippen molar-refractivity contribution in [1.82, 2.24) is 30.5 Å². The lowest BCUT2D eigenvalue weighted by atomic mass is 9.99. The molecule has 0 bridgehead atoms. The number of imidazole rings is 1. The predicted molar refractivity (Wildman–Crippen MR) is 361 cm³/mol. The van der Waals surface area contributed by atoms with Crippen molar-refractivity contribution < 1.29 is 121 Å². The number of nitrogen functional groups attached to an aromatic ring is 1. The fraction of sp³-hybridized carbons (Fsp3) is 0.682. The Balaban J connectivity index is 0.868. The molecule has 0 unspecified atom stereocenters. The highest BCUT2D eigenvalue weighted by Crippen LogP contribution is 2.32. The second-order valence-corrected chi connectivity index (χ2v) is 22.7. The molecule has 0 saturated carbocycles. The molecule has 2 aromatic carbocycles. The van der Waals surface area contributed by atoms with Crippen molar-refractivity contribution in [2.24, 2.45) is 5.73 Å². The number of methoxy groups -OCH3 is 1. The number of anilines is 2. The van der Waals surface area contributed by atoms with Gasteiger partial charge in [0.1, 0.15) is 48.1 Å². The van der Waals surface area contributed by atoms with Crippen LogP contribution in [0.1, 0.15) is 73.6 Å². The van der Waals surface area contributed by atoms with Crippen LogP contribution in [-0.2, 0) is 100 Å². The Bertz CT molecular complexity index is 2970. The van der Waals surface area contributed by atoms with Crippen LogP contribution in [0.3, 0.4) is 0 Å². The van der Waals surface area contributed by atoms with Crippen LogP contribution in [-0.4, -0.2) is 292 Å². The number of nitrogens with one attached hydrogen (secondary N) is 4. The SMILES string of the molecule is CCCCc1nc2c(N)nc3cc(C(=O)O)ccc3c2n1CCNC(=O)OCc1ccc(O[C@H]2O[C@H](CO)[C@@H](O)[C@H](O)[C@@H]2O)c(NC(=O)CCNC(=O)[C@@H](N)CCCCNC(=O)CCOCCOCCOCCOCCOCCOCCOCCOCCOCCOCCOCCOC)c1. The van der Waals surface area contributed by atoms with Gasteiger partial charge in [-0.3, -0.25) is 14.4 Å². The lowest BCUT2D eigenvalue weighted by Crippen LogP contribution is -2.60. The van der Waals surface area contributed by atoms with Crippen LogP contribution in [0, 0.1) is 0 Å². The van der Waals surface area contributed by atoms with Crippen LogP contribution in [0.5, 0.6) is 5.75 Å². The van der Waals surface area contributed by atoms with E-state index in [0.29, 0.717) is 211 Å². The van der Waals surface area contributed by atoms with Crippen molar-refractivity contribution in [3.63, 3.8) is 0 Å². The summed E-state index contributed by atoms with van der Waals surface area (Å²) in [5.41, 5.74) is 14.4. The van der Waals surface area contributed by atoms with Crippen LogP contribution in [0.15, 0.2) is 36.4 Å². The number of aryl methyl sites for hydroxylation is 1. The number of nitrogens with zero attached hydrogens (tertiary/aromatic N) is 3. The Labute approximate surface area is 581 Å². The zero-order valence-electron chi connectivity index (χ0n) is 57.5. The van der Waals surface area contributed by atoms with Gasteiger partial charge in [0.15, 0.2) is 5.82 Å². The van der Waals surface area contributed by atoms with Gasteiger partial charge in [-0.25, -0.2) is 19.6 Å². The van der Waals surface area contributed by atoms with Gasteiger partial charge in [-0.15, -0.1) is 0 Å². The molecule has 2 aromatic heterocycles. The van der Waals surface area contributed by atoms with Gasteiger partial charge in [0.05, 0.1) is 187 Å². The number of amides is 4. The van der Waals surface area contributed by atoms with Crippen molar-refractivity contribution in [3.8, 4) is 5.75 Å². The molecule has 1 saturated heterocycles. The first kappa shape index (κ1) is 84.0. The van der Waals surface area contributed by atoms with E-state index < -0.39 is 67.2 Å². The standard InChI is InChI=1S/C66H105N9O25/c1-3-4-8-54-74-57-58(48-11-10-47(64(83)84)43-50(48)73-62(57)68)75(54)18-17-71-66(85)98-45-46-9-12-52(99-65-61(81)60(80)59(79)53(44-76)100-65)51(42-46)72-56(78)13-16-70-63(82)49(67)7-5-6-15-69-55(77)14-19-87-22-23-89-26-27-91-30-31-93-34-35-95-38-39-97-41-40-96-37-36-94-33-32-92-29-28-90-25-24-88-21-20-86-2/h9-12,42-43,49,53,59-61,65,76,79-81H,3-8,13-41,44-45,67H2,1-2H3,(H2,68,73)(H,69,77)(H,70,82)(H,71,85)(H,72,78)(H,83,84)/t49-,53+,59+,60-,61-,65-/m0/s1. The number of hydrogen-bond acceptors (Lipinski definition) is 28.